The lowest BCUT2D eigenvalue weighted by molar-refractivity contribution is -0.125. The summed E-state index contributed by atoms with van der Waals surface area (Å²) in [4.78, 5) is 12.5. The van der Waals surface area contributed by atoms with E-state index in [1.165, 1.54) is 0 Å². The third-order valence-corrected chi connectivity index (χ3v) is 4.04. The van der Waals surface area contributed by atoms with Gasteiger partial charge in [-0.05, 0) is 37.3 Å². The van der Waals surface area contributed by atoms with Gasteiger partial charge in [0.25, 0.3) is 0 Å². The third kappa shape index (κ3) is 2.57. The van der Waals surface area contributed by atoms with E-state index < -0.39 is 5.41 Å². The van der Waals surface area contributed by atoms with Crippen LogP contribution in [0.1, 0.15) is 6.92 Å². The Morgan fingerprint density at radius 3 is 2.81 bits per heavy atom. The van der Waals surface area contributed by atoms with Crippen molar-refractivity contribution in [1.82, 2.24) is 4.57 Å². The first-order valence-corrected chi connectivity index (χ1v) is 6.98. The molecule has 2 unspecified atom stereocenters. The minimum absolute atomic E-state index is 0.0999. The van der Waals surface area contributed by atoms with Crippen LogP contribution in [0.25, 0.3) is 5.69 Å². The highest BCUT2D eigenvalue weighted by molar-refractivity contribution is 5.96. The Hall–Kier alpha value is -2.11. The summed E-state index contributed by atoms with van der Waals surface area (Å²) in [6, 6.07) is 11.4. The molecular weight excluding hydrogens is 266 g/mol. The molecular formula is C16H19N3O2. The molecule has 0 radical (unpaired) electrons. The molecule has 0 spiro atoms. The number of aromatic nitrogens is 1. The topological polar surface area (TPSA) is 69.3 Å². The molecule has 1 saturated heterocycles. The molecule has 5 heteroatoms. The highest BCUT2D eigenvalue weighted by Gasteiger charge is 2.44. The minimum Gasteiger partial charge on any atom is -0.379 e. The molecule has 1 amide bonds. The average Bonchev–Trinajstić information content (AvgIpc) is 3.11. The van der Waals surface area contributed by atoms with E-state index in [2.05, 4.69) is 5.32 Å². The van der Waals surface area contributed by atoms with Gasteiger partial charge in [-0.25, -0.2) is 0 Å². The molecule has 0 bridgehead atoms. The SMILES string of the molecule is CC1(C(=O)Nc2cccc(-n3cccc3)c2)COCC1N. The van der Waals surface area contributed by atoms with Crippen LogP contribution in [0.15, 0.2) is 48.8 Å². The van der Waals surface area contributed by atoms with Crippen LogP contribution < -0.4 is 11.1 Å². The molecule has 1 fully saturated rings. The molecule has 1 aliphatic rings. The molecule has 21 heavy (non-hydrogen) atoms. The summed E-state index contributed by atoms with van der Waals surface area (Å²) >= 11 is 0. The molecule has 2 aromatic rings. The zero-order valence-electron chi connectivity index (χ0n) is 12.0. The lowest BCUT2D eigenvalue weighted by Crippen LogP contribution is -2.47. The summed E-state index contributed by atoms with van der Waals surface area (Å²) in [6.45, 7) is 2.63. The molecule has 0 aliphatic carbocycles. The predicted octanol–water partition coefficient (Wildman–Crippen LogP) is 1.78. The Labute approximate surface area is 123 Å². The number of carbonyl (C=O) groups is 1. The summed E-state index contributed by atoms with van der Waals surface area (Å²) in [7, 11) is 0. The molecule has 1 aliphatic heterocycles. The summed E-state index contributed by atoms with van der Waals surface area (Å²) in [6.07, 6.45) is 3.92. The average molecular weight is 285 g/mol. The second-order valence-corrected chi connectivity index (χ2v) is 5.63. The van der Waals surface area contributed by atoms with Gasteiger partial charge in [-0.3, -0.25) is 4.79 Å². The number of hydrogen-bond acceptors (Lipinski definition) is 3. The number of nitrogens with two attached hydrogens (primary N) is 1. The predicted molar refractivity (Wildman–Crippen MR) is 81.3 cm³/mol. The quantitative estimate of drug-likeness (QED) is 0.903. The van der Waals surface area contributed by atoms with Gasteiger partial charge in [0.15, 0.2) is 0 Å². The number of carbonyl (C=O) groups excluding carboxylic acids is 1. The van der Waals surface area contributed by atoms with E-state index in [9.17, 15) is 4.79 Å². The van der Waals surface area contributed by atoms with Crippen molar-refractivity contribution in [2.45, 2.75) is 13.0 Å². The molecule has 0 saturated carbocycles. The standard InChI is InChI=1S/C16H19N3O2/c1-16(11-21-10-14(16)17)15(20)18-12-5-4-6-13(9-12)19-7-2-3-8-19/h2-9,14H,10-11,17H2,1H3,(H,18,20). The number of nitrogens with one attached hydrogen (secondary N) is 1. The van der Waals surface area contributed by atoms with Gasteiger partial charge in [0.1, 0.15) is 0 Å². The van der Waals surface area contributed by atoms with Crippen molar-refractivity contribution in [3.05, 3.63) is 48.8 Å². The first-order valence-electron chi connectivity index (χ1n) is 6.98. The Kier molecular flexibility index (Phi) is 3.53. The van der Waals surface area contributed by atoms with Gasteiger partial charge < -0.3 is 20.4 Å². The van der Waals surface area contributed by atoms with Gasteiger partial charge in [-0.15, -0.1) is 0 Å². The van der Waals surface area contributed by atoms with Crippen molar-refractivity contribution in [3.8, 4) is 5.69 Å². The highest BCUT2D eigenvalue weighted by Crippen LogP contribution is 2.29. The number of hydrogen-bond donors (Lipinski definition) is 2. The smallest absolute Gasteiger partial charge is 0.234 e. The molecule has 2 heterocycles. The van der Waals surface area contributed by atoms with Crippen LogP contribution in [0.4, 0.5) is 5.69 Å². The van der Waals surface area contributed by atoms with E-state index in [1.807, 2.05) is 60.3 Å². The van der Waals surface area contributed by atoms with Gasteiger partial charge >= 0.3 is 0 Å². The highest BCUT2D eigenvalue weighted by atomic mass is 16.5. The van der Waals surface area contributed by atoms with Crippen LogP contribution >= 0.6 is 0 Å². The first-order chi connectivity index (χ1) is 10.1. The van der Waals surface area contributed by atoms with Gasteiger partial charge in [0.05, 0.1) is 18.6 Å². The molecule has 1 aromatic carbocycles. The van der Waals surface area contributed by atoms with Crippen LogP contribution in [0, 0.1) is 5.41 Å². The van der Waals surface area contributed by atoms with E-state index in [0.717, 1.165) is 11.4 Å². The van der Waals surface area contributed by atoms with Gasteiger partial charge in [0, 0.05) is 29.8 Å². The zero-order valence-corrected chi connectivity index (χ0v) is 12.0. The molecule has 5 nitrogen and oxygen atoms in total. The maximum absolute atomic E-state index is 12.5. The monoisotopic (exact) mass is 285 g/mol. The number of benzene rings is 1. The number of rotatable bonds is 3. The number of amides is 1. The summed E-state index contributed by atoms with van der Waals surface area (Å²) in [5.41, 5.74) is 7.06. The summed E-state index contributed by atoms with van der Waals surface area (Å²) in [5, 5.41) is 2.94. The largest absolute Gasteiger partial charge is 0.379 e. The van der Waals surface area contributed by atoms with Crippen LogP contribution in [-0.2, 0) is 9.53 Å². The van der Waals surface area contributed by atoms with Crippen LogP contribution in [-0.4, -0.2) is 29.7 Å². The maximum Gasteiger partial charge on any atom is 0.234 e. The van der Waals surface area contributed by atoms with Crippen molar-refractivity contribution < 1.29 is 9.53 Å². The first kappa shape index (κ1) is 13.9. The normalized spacial score (nSPS) is 25.0. The van der Waals surface area contributed by atoms with Crippen molar-refractivity contribution >= 4 is 11.6 Å². The fourth-order valence-corrected chi connectivity index (χ4v) is 2.45. The Morgan fingerprint density at radius 2 is 2.14 bits per heavy atom. The Morgan fingerprint density at radius 1 is 1.38 bits per heavy atom. The molecule has 3 rings (SSSR count). The van der Waals surface area contributed by atoms with E-state index in [1.54, 1.807) is 0 Å². The molecule has 110 valence electrons. The molecule has 1 aromatic heterocycles. The van der Waals surface area contributed by atoms with E-state index in [-0.39, 0.29) is 11.9 Å². The minimum atomic E-state index is -0.677. The van der Waals surface area contributed by atoms with Crippen molar-refractivity contribution in [2.75, 3.05) is 18.5 Å². The van der Waals surface area contributed by atoms with Crippen LogP contribution in [0.3, 0.4) is 0 Å². The van der Waals surface area contributed by atoms with E-state index in [0.29, 0.717) is 13.2 Å². The lowest BCUT2D eigenvalue weighted by Gasteiger charge is -2.25. The van der Waals surface area contributed by atoms with Gasteiger partial charge in [-0.1, -0.05) is 6.07 Å². The second kappa shape index (κ2) is 5.35. The fourth-order valence-electron chi connectivity index (χ4n) is 2.45. The maximum atomic E-state index is 12.5. The third-order valence-electron chi connectivity index (χ3n) is 4.04. The fraction of sp³-hybridized carbons (Fsp3) is 0.312. The molecule has 2 atom stereocenters. The second-order valence-electron chi connectivity index (χ2n) is 5.63. The Bertz CT molecular complexity index is 639. The van der Waals surface area contributed by atoms with Crippen LogP contribution in [0.2, 0.25) is 0 Å². The van der Waals surface area contributed by atoms with Gasteiger partial charge in [0.2, 0.25) is 5.91 Å². The van der Waals surface area contributed by atoms with Crippen LogP contribution in [0.5, 0.6) is 0 Å². The van der Waals surface area contributed by atoms with Gasteiger partial charge in [-0.2, -0.15) is 0 Å². The lowest BCUT2D eigenvalue weighted by atomic mass is 9.85. The number of nitrogens with zero attached hydrogens (tertiary/aromatic N) is 1. The summed E-state index contributed by atoms with van der Waals surface area (Å²) < 4.78 is 7.31. The summed E-state index contributed by atoms with van der Waals surface area (Å²) in [5.74, 6) is -0.0999. The van der Waals surface area contributed by atoms with Crippen molar-refractivity contribution in [2.24, 2.45) is 11.1 Å². The number of ether oxygens (including phenoxy) is 1. The van der Waals surface area contributed by atoms with E-state index >= 15 is 0 Å². The number of anilines is 1. The molecule has 3 N–H and O–H groups in total. The van der Waals surface area contributed by atoms with Crippen molar-refractivity contribution in [3.63, 3.8) is 0 Å². The Balaban J connectivity index is 1.79. The zero-order chi connectivity index (χ0) is 14.9. The van der Waals surface area contributed by atoms with Crippen molar-refractivity contribution in [1.29, 1.82) is 0 Å². The van der Waals surface area contributed by atoms with E-state index in [4.69, 9.17) is 10.5 Å².